The molecule has 1 aliphatic rings. The van der Waals surface area contributed by atoms with Crippen LogP contribution in [0.1, 0.15) is 28.8 Å². The van der Waals surface area contributed by atoms with E-state index in [0.717, 1.165) is 34.1 Å². The standard InChI is InChI=1S/C10H10BrNO/c11-7-4-5-8(12)6-2-1-3-9(13)10(6)7/h4-5H,1-3,12H2. The van der Waals surface area contributed by atoms with Crippen LogP contribution in [0, 0.1) is 0 Å². The van der Waals surface area contributed by atoms with Crippen molar-refractivity contribution >= 4 is 27.4 Å². The zero-order valence-corrected chi connectivity index (χ0v) is 8.73. The first-order valence-corrected chi connectivity index (χ1v) is 5.09. The van der Waals surface area contributed by atoms with Gasteiger partial charge in [-0.25, -0.2) is 0 Å². The summed E-state index contributed by atoms with van der Waals surface area (Å²) in [7, 11) is 0. The van der Waals surface area contributed by atoms with E-state index in [2.05, 4.69) is 15.9 Å². The summed E-state index contributed by atoms with van der Waals surface area (Å²) in [4.78, 5) is 11.6. The molecule has 1 aromatic rings. The van der Waals surface area contributed by atoms with Crippen molar-refractivity contribution in [2.24, 2.45) is 0 Å². The summed E-state index contributed by atoms with van der Waals surface area (Å²) in [6.45, 7) is 0. The molecule has 0 heterocycles. The smallest absolute Gasteiger partial charge is 0.164 e. The Morgan fingerprint density at radius 3 is 2.77 bits per heavy atom. The predicted octanol–water partition coefficient (Wildman–Crippen LogP) is 2.55. The Morgan fingerprint density at radius 2 is 2.08 bits per heavy atom. The molecular formula is C10H10BrNO. The lowest BCUT2D eigenvalue weighted by Crippen LogP contribution is -2.13. The lowest BCUT2D eigenvalue weighted by Gasteiger charge is -2.17. The number of anilines is 1. The molecule has 1 aliphatic carbocycles. The van der Waals surface area contributed by atoms with Gasteiger partial charge in [-0.3, -0.25) is 4.79 Å². The van der Waals surface area contributed by atoms with Gasteiger partial charge in [0.1, 0.15) is 0 Å². The molecular weight excluding hydrogens is 230 g/mol. The molecule has 2 nitrogen and oxygen atoms in total. The number of carbonyl (C=O) groups excluding carboxylic acids is 1. The molecule has 0 bridgehead atoms. The van der Waals surface area contributed by atoms with E-state index in [4.69, 9.17) is 5.73 Å². The molecule has 0 radical (unpaired) electrons. The van der Waals surface area contributed by atoms with Crippen molar-refractivity contribution in [3.05, 3.63) is 27.7 Å². The minimum atomic E-state index is 0.209. The van der Waals surface area contributed by atoms with Gasteiger partial charge in [0.2, 0.25) is 0 Å². The number of hydrogen-bond acceptors (Lipinski definition) is 2. The van der Waals surface area contributed by atoms with Crippen LogP contribution >= 0.6 is 15.9 Å². The number of Topliss-reactive ketones (excluding diaryl/α,β-unsaturated/α-hetero) is 1. The van der Waals surface area contributed by atoms with Crippen LogP contribution in [-0.2, 0) is 6.42 Å². The third kappa shape index (κ3) is 1.37. The zero-order chi connectivity index (χ0) is 9.42. The van der Waals surface area contributed by atoms with Gasteiger partial charge in [0.15, 0.2) is 5.78 Å². The Morgan fingerprint density at radius 1 is 1.31 bits per heavy atom. The van der Waals surface area contributed by atoms with Gasteiger partial charge in [-0.15, -0.1) is 0 Å². The second kappa shape index (κ2) is 3.14. The Hall–Kier alpha value is -0.830. The van der Waals surface area contributed by atoms with Crippen molar-refractivity contribution in [3.63, 3.8) is 0 Å². The molecule has 68 valence electrons. The van der Waals surface area contributed by atoms with Crippen LogP contribution in [-0.4, -0.2) is 5.78 Å². The average Bonchev–Trinajstić information content (AvgIpc) is 2.12. The number of carbonyl (C=O) groups is 1. The quantitative estimate of drug-likeness (QED) is 0.708. The van der Waals surface area contributed by atoms with Crippen LogP contribution in [0.5, 0.6) is 0 Å². The summed E-state index contributed by atoms with van der Waals surface area (Å²) >= 11 is 3.38. The van der Waals surface area contributed by atoms with Gasteiger partial charge >= 0.3 is 0 Å². The average molecular weight is 240 g/mol. The first kappa shape index (κ1) is 8.75. The van der Waals surface area contributed by atoms with Crippen LogP contribution in [0.2, 0.25) is 0 Å². The predicted molar refractivity (Wildman–Crippen MR) is 55.8 cm³/mol. The van der Waals surface area contributed by atoms with E-state index in [-0.39, 0.29) is 5.78 Å². The Labute approximate surface area is 85.3 Å². The fourth-order valence-corrected chi connectivity index (χ4v) is 2.35. The maximum absolute atomic E-state index is 11.6. The first-order chi connectivity index (χ1) is 6.20. The molecule has 0 fully saturated rings. The van der Waals surface area contributed by atoms with Crippen LogP contribution in [0.3, 0.4) is 0 Å². The third-order valence-electron chi connectivity index (χ3n) is 2.41. The molecule has 2 rings (SSSR count). The minimum Gasteiger partial charge on any atom is -0.398 e. The number of benzene rings is 1. The number of nitrogen functional groups attached to an aromatic ring is 1. The van der Waals surface area contributed by atoms with E-state index in [1.54, 1.807) is 0 Å². The molecule has 0 aromatic heterocycles. The summed E-state index contributed by atoms with van der Waals surface area (Å²) in [6.07, 6.45) is 2.49. The van der Waals surface area contributed by atoms with E-state index in [0.29, 0.717) is 6.42 Å². The van der Waals surface area contributed by atoms with Crippen molar-refractivity contribution in [1.29, 1.82) is 0 Å². The molecule has 13 heavy (non-hydrogen) atoms. The highest BCUT2D eigenvalue weighted by molar-refractivity contribution is 9.10. The molecule has 3 heteroatoms. The molecule has 0 saturated heterocycles. The van der Waals surface area contributed by atoms with Crippen molar-refractivity contribution in [2.75, 3.05) is 5.73 Å². The van der Waals surface area contributed by atoms with E-state index in [9.17, 15) is 4.79 Å². The molecule has 0 atom stereocenters. The molecule has 0 aliphatic heterocycles. The van der Waals surface area contributed by atoms with Gasteiger partial charge in [-0.2, -0.15) is 0 Å². The first-order valence-electron chi connectivity index (χ1n) is 4.30. The number of nitrogens with two attached hydrogens (primary N) is 1. The number of ketones is 1. The fourth-order valence-electron chi connectivity index (χ4n) is 1.76. The largest absolute Gasteiger partial charge is 0.398 e. The van der Waals surface area contributed by atoms with Gasteiger partial charge < -0.3 is 5.73 Å². The van der Waals surface area contributed by atoms with Crippen molar-refractivity contribution in [2.45, 2.75) is 19.3 Å². The lowest BCUT2D eigenvalue weighted by atomic mass is 9.89. The van der Waals surface area contributed by atoms with Crippen LogP contribution in [0.15, 0.2) is 16.6 Å². The maximum Gasteiger partial charge on any atom is 0.164 e. The van der Waals surface area contributed by atoms with Gasteiger partial charge in [0, 0.05) is 22.1 Å². The van der Waals surface area contributed by atoms with Crippen molar-refractivity contribution in [3.8, 4) is 0 Å². The van der Waals surface area contributed by atoms with Gasteiger partial charge in [-0.1, -0.05) is 15.9 Å². The molecule has 0 unspecified atom stereocenters. The zero-order valence-electron chi connectivity index (χ0n) is 7.14. The van der Waals surface area contributed by atoms with Crippen molar-refractivity contribution < 1.29 is 4.79 Å². The number of hydrogen-bond donors (Lipinski definition) is 1. The second-order valence-corrected chi connectivity index (χ2v) is 4.12. The Balaban J connectivity index is 2.67. The highest BCUT2D eigenvalue weighted by Crippen LogP contribution is 2.31. The highest BCUT2D eigenvalue weighted by atomic mass is 79.9. The van der Waals surface area contributed by atoms with Gasteiger partial charge in [0.05, 0.1) is 0 Å². The van der Waals surface area contributed by atoms with E-state index >= 15 is 0 Å². The highest BCUT2D eigenvalue weighted by Gasteiger charge is 2.21. The molecule has 0 saturated carbocycles. The maximum atomic E-state index is 11.6. The summed E-state index contributed by atoms with van der Waals surface area (Å²) in [5.74, 6) is 0.209. The van der Waals surface area contributed by atoms with Crippen LogP contribution < -0.4 is 5.73 Å². The molecule has 1 aromatic carbocycles. The topological polar surface area (TPSA) is 43.1 Å². The number of rotatable bonds is 0. The van der Waals surface area contributed by atoms with E-state index < -0.39 is 0 Å². The lowest BCUT2D eigenvalue weighted by molar-refractivity contribution is 0.0972. The van der Waals surface area contributed by atoms with E-state index in [1.165, 1.54) is 0 Å². The van der Waals surface area contributed by atoms with Crippen LogP contribution in [0.25, 0.3) is 0 Å². The fraction of sp³-hybridized carbons (Fsp3) is 0.300. The Bertz CT molecular complexity index is 373. The minimum absolute atomic E-state index is 0.209. The molecule has 2 N–H and O–H groups in total. The summed E-state index contributed by atoms with van der Waals surface area (Å²) in [6, 6.07) is 3.69. The van der Waals surface area contributed by atoms with Gasteiger partial charge in [0.25, 0.3) is 0 Å². The summed E-state index contributed by atoms with van der Waals surface area (Å²) < 4.78 is 0.876. The number of fused-ring (bicyclic) bond motifs is 1. The monoisotopic (exact) mass is 239 g/mol. The van der Waals surface area contributed by atoms with E-state index in [1.807, 2.05) is 12.1 Å². The number of halogens is 1. The Kier molecular flexibility index (Phi) is 2.12. The second-order valence-electron chi connectivity index (χ2n) is 3.27. The normalized spacial score (nSPS) is 15.6. The molecule has 0 amide bonds. The summed E-state index contributed by atoms with van der Waals surface area (Å²) in [5, 5.41) is 0. The SMILES string of the molecule is Nc1ccc(Br)c2c1CCCC2=O. The molecule has 0 spiro atoms. The van der Waals surface area contributed by atoms with Gasteiger partial charge in [-0.05, 0) is 30.5 Å². The third-order valence-corrected chi connectivity index (χ3v) is 3.07. The van der Waals surface area contributed by atoms with Crippen molar-refractivity contribution in [1.82, 2.24) is 0 Å². The summed E-state index contributed by atoms with van der Waals surface area (Å²) in [5.41, 5.74) is 8.36. The van der Waals surface area contributed by atoms with Crippen LogP contribution in [0.4, 0.5) is 5.69 Å².